The molecule has 1 saturated carbocycles. The van der Waals surface area contributed by atoms with Crippen molar-refractivity contribution in [1.29, 1.82) is 0 Å². The lowest BCUT2D eigenvalue weighted by Gasteiger charge is -2.30. The third-order valence-electron chi connectivity index (χ3n) is 3.95. The molecular formula is C14H20O3S. The van der Waals surface area contributed by atoms with Crippen molar-refractivity contribution < 1.29 is 13.0 Å². The second-order valence-corrected chi connectivity index (χ2v) is 6.77. The van der Waals surface area contributed by atoms with E-state index in [-0.39, 0.29) is 10.8 Å². The third-order valence-corrected chi connectivity index (χ3v) is 4.88. The largest absolute Gasteiger partial charge is 0.294 e. The fourth-order valence-electron chi connectivity index (χ4n) is 2.97. The first kappa shape index (κ1) is 13.6. The molecule has 2 atom stereocenters. The molecule has 100 valence electrons. The molecule has 0 spiro atoms. The predicted octanol–water partition coefficient (Wildman–Crippen LogP) is 3.54. The Morgan fingerprint density at radius 2 is 1.89 bits per heavy atom. The van der Waals surface area contributed by atoms with E-state index in [1.165, 1.54) is 12.5 Å². The van der Waals surface area contributed by atoms with Gasteiger partial charge < -0.3 is 0 Å². The lowest BCUT2D eigenvalue weighted by atomic mass is 9.76. The average molecular weight is 268 g/mol. The number of benzene rings is 1. The Bertz CT molecular complexity index is 534. The van der Waals surface area contributed by atoms with Gasteiger partial charge in [-0.2, -0.15) is 8.42 Å². The number of hydrogen-bond donors (Lipinski definition) is 1. The molecule has 0 saturated heterocycles. The highest BCUT2D eigenvalue weighted by molar-refractivity contribution is 7.85. The van der Waals surface area contributed by atoms with Crippen LogP contribution in [0.15, 0.2) is 23.1 Å². The van der Waals surface area contributed by atoms with E-state index in [1.807, 2.05) is 13.0 Å². The van der Waals surface area contributed by atoms with Crippen LogP contribution in [-0.2, 0) is 10.1 Å². The quantitative estimate of drug-likeness (QED) is 0.835. The molecule has 1 aromatic carbocycles. The Morgan fingerprint density at radius 1 is 1.22 bits per heavy atom. The van der Waals surface area contributed by atoms with Gasteiger partial charge >= 0.3 is 0 Å². The highest BCUT2D eigenvalue weighted by Crippen LogP contribution is 2.40. The van der Waals surface area contributed by atoms with Gasteiger partial charge in [0.2, 0.25) is 0 Å². The zero-order chi connectivity index (χ0) is 13.3. The van der Waals surface area contributed by atoms with Crippen LogP contribution >= 0.6 is 0 Å². The van der Waals surface area contributed by atoms with E-state index < -0.39 is 10.1 Å². The summed E-state index contributed by atoms with van der Waals surface area (Å²) in [7, 11) is -4.12. The van der Waals surface area contributed by atoms with Gasteiger partial charge in [0.15, 0.2) is 0 Å². The van der Waals surface area contributed by atoms with Gasteiger partial charge in [-0.25, -0.2) is 0 Å². The Kier molecular flexibility index (Phi) is 3.78. The molecule has 1 aliphatic rings. The van der Waals surface area contributed by atoms with E-state index in [0.29, 0.717) is 5.92 Å². The highest BCUT2D eigenvalue weighted by Gasteiger charge is 2.28. The molecule has 1 fully saturated rings. The standard InChI is InChI=1S/C14H20O3S/c1-10-7-8-14(18(15,16)17)13(9-10)12-6-4-3-5-11(12)2/h7-9,11-12H,3-6H2,1-2H3,(H,15,16,17). The monoisotopic (exact) mass is 268 g/mol. The van der Waals surface area contributed by atoms with Crippen LogP contribution in [0.1, 0.15) is 49.7 Å². The van der Waals surface area contributed by atoms with Crippen molar-refractivity contribution in [1.82, 2.24) is 0 Å². The van der Waals surface area contributed by atoms with Crippen molar-refractivity contribution in [3.63, 3.8) is 0 Å². The Labute approximate surface area is 109 Å². The molecule has 4 heteroatoms. The minimum absolute atomic E-state index is 0.0897. The van der Waals surface area contributed by atoms with Gasteiger partial charge in [0, 0.05) is 0 Å². The molecule has 2 rings (SSSR count). The maximum atomic E-state index is 11.5. The number of aryl methyl sites for hydroxylation is 1. The van der Waals surface area contributed by atoms with Crippen LogP contribution in [-0.4, -0.2) is 13.0 Å². The predicted molar refractivity (Wildman–Crippen MR) is 71.4 cm³/mol. The van der Waals surface area contributed by atoms with Gasteiger partial charge in [-0.15, -0.1) is 0 Å². The van der Waals surface area contributed by atoms with Gasteiger partial charge in [0.1, 0.15) is 0 Å². The van der Waals surface area contributed by atoms with E-state index in [1.54, 1.807) is 6.07 Å². The summed E-state index contributed by atoms with van der Waals surface area (Å²) in [6.07, 6.45) is 4.48. The second-order valence-electron chi connectivity index (χ2n) is 5.38. The lowest BCUT2D eigenvalue weighted by molar-refractivity contribution is 0.326. The zero-order valence-electron chi connectivity index (χ0n) is 10.9. The Morgan fingerprint density at radius 3 is 2.50 bits per heavy atom. The van der Waals surface area contributed by atoms with Crippen molar-refractivity contribution in [2.45, 2.75) is 50.3 Å². The van der Waals surface area contributed by atoms with Crippen molar-refractivity contribution >= 4 is 10.1 Å². The molecule has 0 amide bonds. The first-order chi connectivity index (χ1) is 8.39. The van der Waals surface area contributed by atoms with E-state index >= 15 is 0 Å². The Balaban J connectivity index is 2.51. The molecule has 0 aliphatic heterocycles. The summed E-state index contributed by atoms with van der Waals surface area (Å²) in [5.74, 6) is 0.719. The topological polar surface area (TPSA) is 54.4 Å². The molecule has 1 aromatic rings. The van der Waals surface area contributed by atoms with E-state index in [2.05, 4.69) is 6.92 Å². The molecule has 0 aromatic heterocycles. The van der Waals surface area contributed by atoms with E-state index in [4.69, 9.17) is 0 Å². The summed E-state index contributed by atoms with van der Waals surface area (Å²) in [5.41, 5.74) is 1.83. The van der Waals surface area contributed by atoms with Gasteiger partial charge in [-0.3, -0.25) is 4.55 Å². The maximum Gasteiger partial charge on any atom is 0.294 e. The molecule has 0 radical (unpaired) electrons. The van der Waals surface area contributed by atoms with Gasteiger partial charge in [0.05, 0.1) is 4.90 Å². The van der Waals surface area contributed by atoms with Crippen molar-refractivity contribution in [3.05, 3.63) is 29.3 Å². The summed E-state index contributed by atoms with van der Waals surface area (Å²) in [5, 5.41) is 0. The minimum Gasteiger partial charge on any atom is -0.282 e. The van der Waals surface area contributed by atoms with Crippen LogP contribution in [0.25, 0.3) is 0 Å². The first-order valence-electron chi connectivity index (χ1n) is 6.47. The molecule has 1 N–H and O–H groups in total. The first-order valence-corrected chi connectivity index (χ1v) is 7.91. The van der Waals surface area contributed by atoms with E-state index in [9.17, 15) is 13.0 Å². The van der Waals surface area contributed by atoms with Crippen LogP contribution < -0.4 is 0 Å². The molecule has 18 heavy (non-hydrogen) atoms. The summed E-state index contributed by atoms with van der Waals surface area (Å²) >= 11 is 0. The smallest absolute Gasteiger partial charge is 0.282 e. The van der Waals surface area contributed by atoms with Gasteiger partial charge in [-0.1, -0.05) is 43.9 Å². The third kappa shape index (κ3) is 2.75. The fraction of sp³-hybridized carbons (Fsp3) is 0.571. The van der Waals surface area contributed by atoms with Gasteiger partial charge in [0.25, 0.3) is 10.1 Å². The van der Waals surface area contributed by atoms with Crippen LogP contribution in [0.4, 0.5) is 0 Å². The second kappa shape index (κ2) is 5.02. The van der Waals surface area contributed by atoms with Crippen LogP contribution in [0, 0.1) is 12.8 Å². The fourth-order valence-corrected chi connectivity index (χ4v) is 3.72. The van der Waals surface area contributed by atoms with E-state index in [0.717, 1.165) is 30.4 Å². The van der Waals surface area contributed by atoms with Crippen LogP contribution in [0.5, 0.6) is 0 Å². The molecular weight excluding hydrogens is 248 g/mol. The lowest BCUT2D eigenvalue weighted by Crippen LogP contribution is -2.17. The van der Waals surface area contributed by atoms with Crippen molar-refractivity contribution in [2.24, 2.45) is 5.92 Å². The highest BCUT2D eigenvalue weighted by atomic mass is 32.2. The Hall–Kier alpha value is -0.870. The van der Waals surface area contributed by atoms with Crippen molar-refractivity contribution in [2.75, 3.05) is 0 Å². The normalized spacial score (nSPS) is 25.1. The van der Waals surface area contributed by atoms with Crippen LogP contribution in [0.2, 0.25) is 0 Å². The average Bonchev–Trinajstić information content (AvgIpc) is 2.27. The number of hydrogen-bond acceptors (Lipinski definition) is 2. The molecule has 0 heterocycles. The van der Waals surface area contributed by atoms with Gasteiger partial charge in [-0.05, 0) is 36.8 Å². The molecule has 0 bridgehead atoms. The zero-order valence-corrected chi connectivity index (χ0v) is 11.7. The summed E-state index contributed by atoms with van der Waals surface area (Å²) in [6, 6.07) is 5.18. The van der Waals surface area contributed by atoms with Crippen LogP contribution in [0.3, 0.4) is 0 Å². The molecule has 2 unspecified atom stereocenters. The maximum absolute atomic E-state index is 11.5. The SMILES string of the molecule is Cc1ccc(S(=O)(=O)O)c(C2CCCCC2C)c1. The minimum atomic E-state index is -4.12. The molecule has 1 aliphatic carbocycles. The summed E-state index contributed by atoms with van der Waals surface area (Å²) in [4.78, 5) is 0.0897. The molecule has 3 nitrogen and oxygen atoms in total. The number of rotatable bonds is 2. The summed E-state index contributed by atoms with van der Waals surface area (Å²) < 4.78 is 32.3. The van der Waals surface area contributed by atoms with Crippen molar-refractivity contribution in [3.8, 4) is 0 Å². The summed E-state index contributed by atoms with van der Waals surface area (Å²) in [6.45, 7) is 4.12.